The fourth-order valence-electron chi connectivity index (χ4n) is 2.92. The molecule has 0 saturated carbocycles. The van der Waals surface area contributed by atoms with Gasteiger partial charge in [-0.15, -0.1) is 10.2 Å². The van der Waals surface area contributed by atoms with Crippen LogP contribution in [0.2, 0.25) is 0 Å². The van der Waals surface area contributed by atoms with Crippen molar-refractivity contribution >= 4 is 34.0 Å². The van der Waals surface area contributed by atoms with Gasteiger partial charge in [-0.05, 0) is 44.5 Å². The van der Waals surface area contributed by atoms with E-state index in [2.05, 4.69) is 45.7 Å². The second-order valence-electron chi connectivity index (χ2n) is 5.81. The van der Waals surface area contributed by atoms with Crippen molar-refractivity contribution in [2.24, 2.45) is 0 Å². The Morgan fingerprint density at radius 1 is 1.29 bits per heavy atom. The van der Waals surface area contributed by atoms with E-state index in [1.165, 1.54) is 12.5 Å². The minimum atomic E-state index is -0.217. The average Bonchev–Trinajstić information content (AvgIpc) is 2.55. The molecule has 0 atom stereocenters. The van der Waals surface area contributed by atoms with Crippen LogP contribution in [0.1, 0.15) is 20.3 Å². The lowest BCUT2D eigenvalue weighted by atomic mass is 10.1. The summed E-state index contributed by atoms with van der Waals surface area (Å²) in [7, 11) is 0. The molecule has 0 spiro atoms. The first-order valence-corrected chi connectivity index (χ1v) is 8.41. The summed E-state index contributed by atoms with van der Waals surface area (Å²) >= 11 is 0. The molecular formula is C18H23N5O. The third-order valence-electron chi connectivity index (χ3n) is 4.41. The number of aromatic nitrogens is 2. The molecule has 1 saturated heterocycles. The van der Waals surface area contributed by atoms with Gasteiger partial charge in [0.05, 0.1) is 0 Å². The molecule has 2 aromatic rings. The summed E-state index contributed by atoms with van der Waals surface area (Å²) in [5.74, 6) is 1.56. The number of anilines is 3. The molecule has 6 heteroatoms. The average molecular weight is 325 g/mol. The second kappa shape index (κ2) is 6.86. The van der Waals surface area contributed by atoms with Crippen molar-refractivity contribution < 1.29 is 4.79 Å². The maximum atomic E-state index is 11.6. The smallest absolute Gasteiger partial charge is 0.247 e. The number of carbonyl (C=O) groups is 1. The highest BCUT2D eigenvalue weighted by atomic mass is 16.1. The number of rotatable bonds is 6. The van der Waals surface area contributed by atoms with Gasteiger partial charge < -0.3 is 15.1 Å². The van der Waals surface area contributed by atoms with Crippen molar-refractivity contribution in [3.05, 3.63) is 30.9 Å². The van der Waals surface area contributed by atoms with Gasteiger partial charge in [0.2, 0.25) is 5.91 Å². The second-order valence-corrected chi connectivity index (χ2v) is 5.81. The van der Waals surface area contributed by atoms with Crippen LogP contribution in [0.4, 0.5) is 17.3 Å². The molecule has 0 unspecified atom stereocenters. The van der Waals surface area contributed by atoms with Crippen LogP contribution >= 0.6 is 0 Å². The first-order chi connectivity index (χ1) is 11.7. The minimum absolute atomic E-state index is 0.217. The van der Waals surface area contributed by atoms with Gasteiger partial charge >= 0.3 is 0 Å². The quantitative estimate of drug-likeness (QED) is 0.828. The van der Waals surface area contributed by atoms with E-state index >= 15 is 0 Å². The van der Waals surface area contributed by atoms with E-state index < -0.39 is 0 Å². The maximum absolute atomic E-state index is 11.6. The van der Waals surface area contributed by atoms with Gasteiger partial charge in [0.25, 0.3) is 0 Å². The molecule has 2 heterocycles. The molecule has 24 heavy (non-hydrogen) atoms. The van der Waals surface area contributed by atoms with Gasteiger partial charge in [-0.3, -0.25) is 4.79 Å². The monoisotopic (exact) mass is 325 g/mol. The van der Waals surface area contributed by atoms with E-state index in [-0.39, 0.29) is 5.91 Å². The Balaban J connectivity index is 2.12. The van der Waals surface area contributed by atoms with Crippen LogP contribution in [0.25, 0.3) is 10.8 Å². The molecule has 1 amide bonds. The van der Waals surface area contributed by atoms with Crippen molar-refractivity contribution in [1.82, 2.24) is 10.2 Å². The molecule has 1 aromatic carbocycles. The molecule has 1 aliphatic rings. The summed E-state index contributed by atoms with van der Waals surface area (Å²) in [6.07, 6.45) is 2.44. The number of carbonyl (C=O) groups excluding carboxylic acids is 1. The fourth-order valence-corrected chi connectivity index (χ4v) is 2.92. The predicted octanol–water partition coefficient (Wildman–Crippen LogP) is 2.81. The number of nitrogens with one attached hydrogen (secondary N) is 1. The van der Waals surface area contributed by atoms with Crippen LogP contribution in [0.5, 0.6) is 0 Å². The SMILES string of the molecule is C=CC(=O)Nc1ccc2c(N(CC)CC)nnc(N3CCC3)c2c1. The summed E-state index contributed by atoms with van der Waals surface area (Å²) < 4.78 is 0. The Hall–Kier alpha value is -2.63. The van der Waals surface area contributed by atoms with Crippen molar-refractivity contribution in [1.29, 1.82) is 0 Å². The molecular weight excluding hydrogens is 302 g/mol. The van der Waals surface area contributed by atoms with Crippen LogP contribution in [0.15, 0.2) is 30.9 Å². The Kier molecular flexibility index (Phi) is 4.64. The Morgan fingerprint density at radius 3 is 2.62 bits per heavy atom. The number of fused-ring (bicyclic) bond motifs is 1. The van der Waals surface area contributed by atoms with Crippen molar-refractivity contribution in [3.63, 3.8) is 0 Å². The van der Waals surface area contributed by atoms with E-state index in [1.54, 1.807) is 0 Å². The third-order valence-corrected chi connectivity index (χ3v) is 4.41. The van der Waals surface area contributed by atoms with E-state index in [1.807, 2.05) is 18.2 Å². The first kappa shape index (κ1) is 16.2. The number of nitrogens with zero attached hydrogens (tertiary/aromatic N) is 4. The summed E-state index contributed by atoms with van der Waals surface area (Å²) in [6.45, 7) is 11.5. The predicted molar refractivity (Wildman–Crippen MR) is 98.8 cm³/mol. The highest BCUT2D eigenvalue weighted by Crippen LogP contribution is 2.34. The van der Waals surface area contributed by atoms with Gasteiger partial charge in [-0.1, -0.05) is 6.58 Å². The summed E-state index contributed by atoms with van der Waals surface area (Å²) in [4.78, 5) is 16.0. The van der Waals surface area contributed by atoms with Crippen molar-refractivity contribution in [2.45, 2.75) is 20.3 Å². The lowest BCUT2D eigenvalue weighted by Crippen LogP contribution is -2.38. The lowest BCUT2D eigenvalue weighted by Gasteiger charge is -2.33. The molecule has 1 aliphatic heterocycles. The Labute approximate surface area is 142 Å². The number of amides is 1. The van der Waals surface area contributed by atoms with Gasteiger partial charge in [0.15, 0.2) is 11.6 Å². The van der Waals surface area contributed by atoms with Crippen LogP contribution in [-0.4, -0.2) is 42.3 Å². The molecule has 126 valence electrons. The largest absolute Gasteiger partial charge is 0.355 e. The van der Waals surface area contributed by atoms with E-state index in [0.717, 1.165) is 54.3 Å². The molecule has 1 N–H and O–H groups in total. The Morgan fingerprint density at radius 2 is 2.04 bits per heavy atom. The molecule has 1 aromatic heterocycles. The molecule has 3 rings (SSSR count). The first-order valence-electron chi connectivity index (χ1n) is 8.41. The zero-order valence-electron chi connectivity index (χ0n) is 14.2. The number of benzene rings is 1. The van der Waals surface area contributed by atoms with Gasteiger partial charge in [0, 0.05) is 42.6 Å². The van der Waals surface area contributed by atoms with E-state index in [9.17, 15) is 4.79 Å². The van der Waals surface area contributed by atoms with Crippen LogP contribution < -0.4 is 15.1 Å². The zero-order chi connectivity index (χ0) is 17.1. The number of hydrogen-bond acceptors (Lipinski definition) is 5. The number of hydrogen-bond donors (Lipinski definition) is 1. The van der Waals surface area contributed by atoms with Gasteiger partial charge in [0.1, 0.15) is 0 Å². The molecule has 0 aliphatic carbocycles. The molecule has 1 fully saturated rings. The van der Waals surface area contributed by atoms with Crippen LogP contribution in [-0.2, 0) is 4.79 Å². The highest BCUT2D eigenvalue weighted by Gasteiger charge is 2.21. The van der Waals surface area contributed by atoms with Crippen molar-refractivity contribution in [2.75, 3.05) is 41.3 Å². The Bertz CT molecular complexity index is 765. The summed E-state index contributed by atoms with van der Waals surface area (Å²) in [5, 5.41) is 13.9. The van der Waals surface area contributed by atoms with E-state index in [4.69, 9.17) is 0 Å². The van der Waals surface area contributed by atoms with Crippen LogP contribution in [0, 0.1) is 0 Å². The highest BCUT2D eigenvalue weighted by molar-refractivity contribution is 6.04. The zero-order valence-corrected chi connectivity index (χ0v) is 14.2. The molecule has 0 radical (unpaired) electrons. The topological polar surface area (TPSA) is 61.4 Å². The summed E-state index contributed by atoms with van der Waals surface area (Å²) in [6, 6.07) is 5.89. The fraction of sp³-hybridized carbons (Fsp3) is 0.389. The van der Waals surface area contributed by atoms with E-state index in [0.29, 0.717) is 0 Å². The normalized spacial score (nSPS) is 13.5. The van der Waals surface area contributed by atoms with Crippen molar-refractivity contribution in [3.8, 4) is 0 Å². The minimum Gasteiger partial charge on any atom is -0.355 e. The summed E-state index contributed by atoms with van der Waals surface area (Å²) in [5.41, 5.74) is 0.743. The van der Waals surface area contributed by atoms with Gasteiger partial charge in [-0.25, -0.2) is 0 Å². The third kappa shape index (κ3) is 2.91. The van der Waals surface area contributed by atoms with Gasteiger partial charge in [-0.2, -0.15) is 0 Å². The maximum Gasteiger partial charge on any atom is 0.247 e. The molecule has 0 bridgehead atoms. The van der Waals surface area contributed by atoms with Crippen LogP contribution in [0.3, 0.4) is 0 Å². The molecule has 6 nitrogen and oxygen atoms in total. The standard InChI is InChI=1S/C18H23N5O/c1-4-16(24)19-13-8-9-14-15(12-13)18(23-10-7-11-23)21-20-17(14)22(5-2)6-3/h4,8-9,12H,1,5-7,10-11H2,2-3H3,(H,19,24). The lowest BCUT2D eigenvalue weighted by molar-refractivity contribution is -0.111.